The van der Waals surface area contributed by atoms with Crippen molar-refractivity contribution in [2.24, 2.45) is 0 Å². The smallest absolute Gasteiger partial charge is 0.337 e. The van der Waals surface area contributed by atoms with E-state index in [1.807, 2.05) is 0 Å². The molecule has 1 aromatic heterocycles. The highest BCUT2D eigenvalue weighted by molar-refractivity contribution is 5.87. The molecule has 5 heteroatoms. The summed E-state index contributed by atoms with van der Waals surface area (Å²) in [5.41, 5.74) is 1.60. The molecule has 2 aromatic rings. The highest BCUT2D eigenvalue weighted by Gasteiger charge is 2.04. The van der Waals surface area contributed by atoms with E-state index in [-0.39, 0.29) is 11.4 Å². The van der Waals surface area contributed by atoms with Crippen LogP contribution in [0.1, 0.15) is 15.9 Å². The molecule has 2 rings (SSSR count). The highest BCUT2D eigenvalue weighted by atomic mass is 19.1. The Balaban J connectivity index is 2.21. The topological polar surface area (TPSA) is 62.2 Å². The van der Waals surface area contributed by atoms with Crippen LogP contribution in [0, 0.1) is 12.7 Å². The number of hydrogen-bond acceptors (Lipinski definition) is 3. The molecule has 0 bridgehead atoms. The molecule has 0 aliphatic heterocycles. The van der Waals surface area contributed by atoms with E-state index in [2.05, 4.69) is 10.3 Å². The van der Waals surface area contributed by atoms with Crippen LogP contribution in [0.25, 0.3) is 0 Å². The summed E-state index contributed by atoms with van der Waals surface area (Å²) in [4.78, 5) is 14.6. The van der Waals surface area contributed by atoms with E-state index < -0.39 is 5.97 Å². The normalized spacial score (nSPS) is 10.1. The molecule has 18 heavy (non-hydrogen) atoms. The first-order valence-electron chi connectivity index (χ1n) is 5.29. The number of anilines is 2. The average molecular weight is 246 g/mol. The van der Waals surface area contributed by atoms with E-state index in [0.717, 1.165) is 11.3 Å². The molecule has 2 N–H and O–H groups in total. The predicted octanol–water partition coefficient (Wildman–Crippen LogP) is 2.97. The van der Waals surface area contributed by atoms with Gasteiger partial charge in [0.05, 0.1) is 5.56 Å². The molecule has 0 amide bonds. The number of carboxylic acids is 1. The van der Waals surface area contributed by atoms with Gasteiger partial charge in [-0.2, -0.15) is 0 Å². The van der Waals surface area contributed by atoms with Gasteiger partial charge in [-0.1, -0.05) is 0 Å². The van der Waals surface area contributed by atoms with Gasteiger partial charge in [-0.05, 0) is 42.8 Å². The monoisotopic (exact) mass is 246 g/mol. The molecule has 1 heterocycles. The van der Waals surface area contributed by atoms with Gasteiger partial charge in [0, 0.05) is 11.9 Å². The Morgan fingerprint density at radius 2 is 2.11 bits per heavy atom. The number of carboxylic acid groups (broad SMARTS) is 1. The van der Waals surface area contributed by atoms with Crippen molar-refractivity contribution in [1.29, 1.82) is 0 Å². The minimum Gasteiger partial charge on any atom is -0.478 e. The van der Waals surface area contributed by atoms with Crippen LogP contribution >= 0.6 is 0 Å². The third-order valence-electron chi connectivity index (χ3n) is 2.46. The maximum atomic E-state index is 12.9. The summed E-state index contributed by atoms with van der Waals surface area (Å²) < 4.78 is 12.9. The number of halogens is 1. The van der Waals surface area contributed by atoms with Crippen LogP contribution in [0.5, 0.6) is 0 Å². The molecule has 4 nitrogen and oxygen atoms in total. The summed E-state index contributed by atoms with van der Waals surface area (Å²) in [5, 5.41) is 11.7. The molecule has 0 saturated heterocycles. The molecular formula is C13H11FN2O2. The lowest BCUT2D eigenvalue weighted by Crippen LogP contribution is -2.00. The number of hydrogen-bond donors (Lipinski definition) is 2. The minimum atomic E-state index is -1.02. The fourth-order valence-corrected chi connectivity index (χ4v) is 1.50. The van der Waals surface area contributed by atoms with Gasteiger partial charge in [0.15, 0.2) is 0 Å². The number of rotatable bonds is 3. The van der Waals surface area contributed by atoms with Crippen molar-refractivity contribution in [1.82, 2.24) is 4.98 Å². The molecule has 0 spiro atoms. The van der Waals surface area contributed by atoms with E-state index in [0.29, 0.717) is 5.82 Å². The number of pyridine rings is 1. The van der Waals surface area contributed by atoms with Crippen LogP contribution in [0.15, 0.2) is 36.5 Å². The van der Waals surface area contributed by atoms with E-state index in [1.54, 1.807) is 19.1 Å². The summed E-state index contributed by atoms with van der Waals surface area (Å²) in [7, 11) is 0. The molecule has 0 aliphatic carbocycles. The molecule has 0 unspecified atom stereocenters. The number of nitrogens with zero attached hydrogens (tertiary/aromatic N) is 1. The zero-order valence-electron chi connectivity index (χ0n) is 9.64. The lowest BCUT2D eigenvalue weighted by molar-refractivity contribution is 0.0696. The van der Waals surface area contributed by atoms with E-state index >= 15 is 0 Å². The molecule has 0 saturated carbocycles. The maximum absolute atomic E-state index is 12.9. The number of aryl methyl sites for hydroxylation is 1. The van der Waals surface area contributed by atoms with Crippen molar-refractivity contribution >= 4 is 17.5 Å². The fraction of sp³-hybridized carbons (Fsp3) is 0.0769. The summed E-state index contributed by atoms with van der Waals surface area (Å²) in [6.07, 6.45) is 1.27. The summed E-state index contributed by atoms with van der Waals surface area (Å²) >= 11 is 0. The average Bonchev–Trinajstić information content (AvgIpc) is 2.33. The second-order valence-corrected chi connectivity index (χ2v) is 3.82. The SMILES string of the molecule is Cc1cc(F)ccc1Nc1ccc(C(=O)O)cn1. The molecular weight excluding hydrogens is 235 g/mol. The lowest BCUT2D eigenvalue weighted by atomic mass is 10.2. The van der Waals surface area contributed by atoms with Crippen molar-refractivity contribution < 1.29 is 14.3 Å². The molecule has 0 atom stereocenters. The van der Waals surface area contributed by atoms with Gasteiger partial charge >= 0.3 is 5.97 Å². The summed E-state index contributed by atoms with van der Waals surface area (Å²) in [6.45, 7) is 1.77. The first-order chi connectivity index (χ1) is 8.56. The van der Waals surface area contributed by atoms with Crippen LogP contribution in [0.4, 0.5) is 15.9 Å². The van der Waals surface area contributed by atoms with Gasteiger partial charge in [-0.25, -0.2) is 14.2 Å². The van der Waals surface area contributed by atoms with E-state index in [1.165, 1.54) is 24.4 Å². The third kappa shape index (κ3) is 2.63. The van der Waals surface area contributed by atoms with Crippen LogP contribution < -0.4 is 5.32 Å². The van der Waals surface area contributed by atoms with Crippen molar-refractivity contribution in [2.75, 3.05) is 5.32 Å². The Hall–Kier alpha value is -2.43. The largest absolute Gasteiger partial charge is 0.478 e. The number of aromatic nitrogens is 1. The second-order valence-electron chi connectivity index (χ2n) is 3.82. The Bertz CT molecular complexity index is 582. The predicted molar refractivity (Wildman–Crippen MR) is 65.6 cm³/mol. The standard InChI is InChI=1S/C13H11FN2O2/c1-8-6-10(14)3-4-11(8)16-12-5-2-9(7-15-12)13(17)18/h2-7H,1H3,(H,15,16)(H,17,18). The molecule has 1 aromatic carbocycles. The Labute approximate surface area is 103 Å². The third-order valence-corrected chi connectivity index (χ3v) is 2.46. The van der Waals surface area contributed by atoms with Crippen molar-refractivity contribution in [3.05, 3.63) is 53.5 Å². The number of nitrogens with one attached hydrogen (secondary N) is 1. The Kier molecular flexibility index (Phi) is 3.23. The zero-order valence-corrected chi connectivity index (χ0v) is 9.64. The Morgan fingerprint density at radius 3 is 2.67 bits per heavy atom. The van der Waals surface area contributed by atoms with Gasteiger partial charge in [-0.3, -0.25) is 0 Å². The van der Waals surface area contributed by atoms with Crippen molar-refractivity contribution in [3.8, 4) is 0 Å². The number of aromatic carboxylic acids is 1. The first-order valence-corrected chi connectivity index (χ1v) is 5.29. The Morgan fingerprint density at radius 1 is 1.33 bits per heavy atom. The number of benzene rings is 1. The first kappa shape index (κ1) is 12.0. The van der Waals surface area contributed by atoms with Crippen molar-refractivity contribution in [3.63, 3.8) is 0 Å². The quantitative estimate of drug-likeness (QED) is 0.874. The molecule has 0 radical (unpaired) electrons. The maximum Gasteiger partial charge on any atom is 0.337 e. The van der Waals surface area contributed by atoms with E-state index in [4.69, 9.17) is 5.11 Å². The van der Waals surface area contributed by atoms with Gasteiger partial charge in [0.2, 0.25) is 0 Å². The second kappa shape index (κ2) is 4.83. The van der Waals surface area contributed by atoms with Gasteiger partial charge < -0.3 is 10.4 Å². The highest BCUT2D eigenvalue weighted by Crippen LogP contribution is 2.19. The van der Waals surface area contributed by atoms with Crippen molar-refractivity contribution in [2.45, 2.75) is 6.92 Å². The van der Waals surface area contributed by atoms with Crippen LogP contribution in [0.3, 0.4) is 0 Å². The number of carbonyl (C=O) groups is 1. The van der Waals surface area contributed by atoms with Gasteiger partial charge in [0.1, 0.15) is 11.6 Å². The van der Waals surface area contributed by atoms with Gasteiger partial charge in [0.25, 0.3) is 0 Å². The molecule has 0 aliphatic rings. The zero-order chi connectivity index (χ0) is 13.1. The summed E-state index contributed by atoms with van der Waals surface area (Å²) in [6, 6.07) is 7.38. The van der Waals surface area contributed by atoms with Crippen LogP contribution in [-0.2, 0) is 0 Å². The summed E-state index contributed by atoms with van der Waals surface area (Å²) in [5.74, 6) is -0.811. The molecule has 92 valence electrons. The lowest BCUT2D eigenvalue weighted by Gasteiger charge is -2.08. The minimum absolute atomic E-state index is 0.122. The van der Waals surface area contributed by atoms with Gasteiger partial charge in [-0.15, -0.1) is 0 Å². The van der Waals surface area contributed by atoms with Crippen LogP contribution in [-0.4, -0.2) is 16.1 Å². The van der Waals surface area contributed by atoms with E-state index in [9.17, 15) is 9.18 Å². The van der Waals surface area contributed by atoms with Crippen LogP contribution in [0.2, 0.25) is 0 Å². The molecule has 0 fully saturated rings. The fourth-order valence-electron chi connectivity index (χ4n) is 1.50.